The molecule has 1 amide bonds. The van der Waals surface area contributed by atoms with Gasteiger partial charge in [0, 0.05) is 6.54 Å². The minimum absolute atomic E-state index is 0.0280. The highest BCUT2D eigenvalue weighted by molar-refractivity contribution is 6.03. The van der Waals surface area contributed by atoms with Gasteiger partial charge in [-0.05, 0) is 12.0 Å². The third kappa shape index (κ3) is 4.17. The molecule has 1 aromatic heterocycles. The van der Waals surface area contributed by atoms with E-state index in [9.17, 15) is 4.79 Å². The smallest absolute Gasteiger partial charge is 0.302 e. The number of carbonyl (C=O) groups excluding carboxylic acids is 1. The molecule has 114 valence electrons. The maximum absolute atomic E-state index is 11.6. The Labute approximate surface area is 127 Å². The number of rotatable bonds is 5. The predicted octanol–water partition coefficient (Wildman–Crippen LogP) is 0.127. The summed E-state index contributed by atoms with van der Waals surface area (Å²) in [4.78, 5) is 23.0. The Morgan fingerprint density at radius 3 is 2.59 bits per heavy atom. The lowest BCUT2D eigenvalue weighted by molar-refractivity contribution is 0.0998. The number of hydrogen-bond acceptors (Lipinski definition) is 5. The number of carbonyl (C=O) groups is 1. The molecule has 2 rings (SSSR count). The van der Waals surface area contributed by atoms with Crippen LogP contribution in [0.5, 0.6) is 0 Å². The summed E-state index contributed by atoms with van der Waals surface area (Å²) in [7, 11) is 0. The molecule has 1 heterocycles. The number of nitrogens with zero attached hydrogens (tertiary/aromatic N) is 3. The molecule has 0 atom stereocenters. The summed E-state index contributed by atoms with van der Waals surface area (Å²) >= 11 is 0. The van der Waals surface area contributed by atoms with Gasteiger partial charge in [-0.15, -0.1) is 0 Å². The molecular formula is C14H17N7O. The predicted molar refractivity (Wildman–Crippen MR) is 85.2 cm³/mol. The van der Waals surface area contributed by atoms with E-state index in [2.05, 4.69) is 20.3 Å². The molecule has 0 saturated carbocycles. The van der Waals surface area contributed by atoms with Crippen molar-refractivity contribution in [3.05, 3.63) is 47.8 Å². The Hall–Kier alpha value is -3.16. The quantitative estimate of drug-likeness (QED) is 0.453. The van der Waals surface area contributed by atoms with Gasteiger partial charge in [0.2, 0.25) is 0 Å². The van der Waals surface area contributed by atoms with E-state index in [1.165, 1.54) is 11.8 Å². The molecule has 1 aromatic carbocycles. The van der Waals surface area contributed by atoms with Crippen LogP contribution in [0.2, 0.25) is 0 Å². The van der Waals surface area contributed by atoms with E-state index in [0.29, 0.717) is 12.4 Å². The number of anilines is 2. The standard InChI is InChI=1S/C14H17N7O/c15-12-11(13(22)21-14(16)17)19-8-10(20-12)18-7-6-9-4-2-1-3-5-9/h1-5,8H,6-7H2,(H3,15,18,20)(H4,16,17,21,22). The van der Waals surface area contributed by atoms with Crippen LogP contribution < -0.4 is 22.5 Å². The van der Waals surface area contributed by atoms with Crippen LogP contribution in [-0.2, 0) is 6.42 Å². The minimum atomic E-state index is -0.721. The van der Waals surface area contributed by atoms with Crippen molar-refractivity contribution >= 4 is 23.5 Å². The summed E-state index contributed by atoms with van der Waals surface area (Å²) < 4.78 is 0. The number of amides is 1. The van der Waals surface area contributed by atoms with Gasteiger partial charge in [-0.2, -0.15) is 4.99 Å². The van der Waals surface area contributed by atoms with Crippen LogP contribution in [0.15, 0.2) is 41.5 Å². The van der Waals surface area contributed by atoms with E-state index in [4.69, 9.17) is 17.2 Å². The van der Waals surface area contributed by atoms with Crippen molar-refractivity contribution in [2.24, 2.45) is 16.5 Å². The monoisotopic (exact) mass is 299 g/mol. The Kier molecular flexibility index (Phi) is 4.86. The Balaban J connectivity index is 1.97. The molecule has 7 N–H and O–H groups in total. The molecule has 0 unspecified atom stereocenters. The van der Waals surface area contributed by atoms with Crippen LogP contribution in [0, 0.1) is 0 Å². The lowest BCUT2D eigenvalue weighted by Gasteiger charge is -2.07. The first kappa shape index (κ1) is 15.2. The van der Waals surface area contributed by atoms with Gasteiger partial charge in [0.15, 0.2) is 17.5 Å². The molecule has 22 heavy (non-hydrogen) atoms. The molecule has 0 spiro atoms. The zero-order chi connectivity index (χ0) is 15.9. The maximum Gasteiger partial charge on any atom is 0.302 e. The van der Waals surface area contributed by atoms with Crippen LogP contribution in [-0.4, -0.2) is 28.4 Å². The summed E-state index contributed by atoms with van der Waals surface area (Å²) in [6.45, 7) is 0.666. The molecule has 0 bridgehead atoms. The van der Waals surface area contributed by atoms with Gasteiger partial charge in [0.1, 0.15) is 5.82 Å². The van der Waals surface area contributed by atoms with Crippen LogP contribution in [0.4, 0.5) is 11.6 Å². The molecule has 0 aliphatic heterocycles. The summed E-state index contributed by atoms with van der Waals surface area (Å²) in [5.74, 6) is -0.619. The molecular weight excluding hydrogens is 282 g/mol. The number of nitrogen functional groups attached to an aromatic ring is 1. The Bertz CT molecular complexity index is 681. The van der Waals surface area contributed by atoms with Crippen molar-refractivity contribution in [3.8, 4) is 0 Å². The second-order valence-corrected chi connectivity index (χ2v) is 4.49. The van der Waals surface area contributed by atoms with Crippen LogP contribution in [0.25, 0.3) is 0 Å². The molecule has 0 saturated heterocycles. The number of hydrogen-bond donors (Lipinski definition) is 4. The summed E-state index contributed by atoms with van der Waals surface area (Å²) in [5.41, 5.74) is 17.1. The van der Waals surface area contributed by atoms with Crippen molar-refractivity contribution in [1.29, 1.82) is 0 Å². The van der Waals surface area contributed by atoms with E-state index < -0.39 is 5.91 Å². The largest absolute Gasteiger partial charge is 0.382 e. The number of aromatic nitrogens is 2. The number of aliphatic imine (C=N–C) groups is 1. The van der Waals surface area contributed by atoms with Crippen LogP contribution >= 0.6 is 0 Å². The second kappa shape index (κ2) is 7.02. The van der Waals surface area contributed by atoms with E-state index in [0.717, 1.165) is 6.42 Å². The van der Waals surface area contributed by atoms with E-state index >= 15 is 0 Å². The van der Waals surface area contributed by atoms with Gasteiger partial charge in [0.05, 0.1) is 6.20 Å². The Morgan fingerprint density at radius 2 is 1.95 bits per heavy atom. The minimum Gasteiger partial charge on any atom is -0.382 e. The fraction of sp³-hybridized carbons (Fsp3) is 0.143. The zero-order valence-electron chi connectivity index (χ0n) is 11.9. The number of guanidine groups is 1. The van der Waals surface area contributed by atoms with Crippen molar-refractivity contribution in [3.63, 3.8) is 0 Å². The second-order valence-electron chi connectivity index (χ2n) is 4.49. The van der Waals surface area contributed by atoms with Crippen molar-refractivity contribution in [2.45, 2.75) is 6.42 Å². The van der Waals surface area contributed by atoms with Crippen molar-refractivity contribution in [1.82, 2.24) is 9.97 Å². The first-order chi connectivity index (χ1) is 10.6. The molecule has 8 heteroatoms. The van der Waals surface area contributed by atoms with Gasteiger partial charge in [0.25, 0.3) is 0 Å². The maximum atomic E-state index is 11.6. The molecule has 0 fully saturated rings. The van der Waals surface area contributed by atoms with E-state index in [1.54, 1.807) is 0 Å². The third-order valence-corrected chi connectivity index (χ3v) is 2.80. The highest BCUT2D eigenvalue weighted by Gasteiger charge is 2.12. The highest BCUT2D eigenvalue weighted by atomic mass is 16.1. The zero-order valence-corrected chi connectivity index (χ0v) is 11.9. The third-order valence-electron chi connectivity index (χ3n) is 2.80. The molecule has 8 nitrogen and oxygen atoms in total. The number of benzene rings is 1. The average molecular weight is 299 g/mol. The molecule has 0 aliphatic rings. The SMILES string of the molecule is NC(N)=NC(=O)c1ncc(NCCc2ccccc2)nc1N. The van der Waals surface area contributed by atoms with Gasteiger partial charge < -0.3 is 22.5 Å². The van der Waals surface area contributed by atoms with Gasteiger partial charge >= 0.3 is 5.91 Å². The molecule has 0 aliphatic carbocycles. The van der Waals surface area contributed by atoms with Crippen LogP contribution in [0.1, 0.15) is 16.1 Å². The average Bonchev–Trinajstić information content (AvgIpc) is 2.47. The summed E-state index contributed by atoms with van der Waals surface area (Å²) in [6, 6.07) is 10.0. The fourth-order valence-corrected chi connectivity index (χ4v) is 1.80. The van der Waals surface area contributed by atoms with Gasteiger partial charge in [-0.25, -0.2) is 9.97 Å². The lowest BCUT2D eigenvalue weighted by atomic mass is 10.1. The normalized spacial score (nSPS) is 10.0. The van der Waals surface area contributed by atoms with Gasteiger partial charge in [-0.3, -0.25) is 4.79 Å². The van der Waals surface area contributed by atoms with Crippen molar-refractivity contribution < 1.29 is 4.79 Å². The van der Waals surface area contributed by atoms with Gasteiger partial charge in [-0.1, -0.05) is 30.3 Å². The first-order valence-electron chi connectivity index (χ1n) is 6.60. The lowest BCUT2D eigenvalue weighted by Crippen LogP contribution is -2.24. The Morgan fingerprint density at radius 1 is 1.23 bits per heavy atom. The highest BCUT2D eigenvalue weighted by Crippen LogP contribution is 2.11. The summed E-state index contributed by atoms with van der Waals surface area (Å²) in [5, 5.41) is 3.09. The molecule has 0 radical (unpaired) electrons. The summed E-state index contributed by atoms with van der Waals surface area (Å²) in [6.07, 6.45) is 2.24. The first-order valence-corrected chi connectivity index (χ1v) is 6.60. The van der Waals surface area contributed by atoms with E-state index in [-0.39, 0.29) is 17.5 Å². The number of nitrogens with two attached hydrogens (primary N) is 3. The van der Waals surface area contributed by atoms with E-state index in [1.807, 2.05) is 30.3 Å². The van der Waals surface area contributed by atoms with Crippen LogP contribution in [0.3, 0.4) is 0 Å². The topological polar surface area (TPSA) is 145 Å². The molecule has 2 aromatic rings. The fourth-order valence-electron chi connectivity index (χ4n) is 1.80. The van der Waals surface area contributed by atoms with Crippen molar-refractivity contribution in [2.75, 3.05) is 17.6 Å². The number of nitrogens with one attached hydrogen (secondary N) is 1.